The zero-order valence-corrected chi connectivity index (χ0v) is 10.6. The summed E-state index contributed by atoms with van der Waals surface area (Å²) >= 11 is 3.44. The number of hydrogen-bond acceptors (Lipinski definition) is 4. The molecule has 1 atom stereocenters. The van der Waals surface area contributed by atoms with Gasteiger partial charge in [-0.2, -0.15) is 0 Å². The molecular formula is C11H20O2S2. The fourth-order valence-electron chi connectivity index (χ4n) is 1.56. The first-order valence-corrected chi connectivity index (χ1v) is 7.48. The highest BCUT2D eigenvalue weighted by Crippen LogP contribution is 2.36. The second kappa shape index (κ2) is 8.50. The predicted octanol–water partition coefficient (Wildman–Crippen LogP) is 2.96. The summed E-state index contributed by atoms with van der Waals surface area (Å²) in [5, 5.41) is 22.5. The van der Waals surface area contributed by atoms with Gasteiger partial charge in [0.1, 0.15) is 0 Å². The molecule has 88 valence electrons. The lowest BCUT2D eigenvalue weighted by Gasteiger charge is -2.15. The monoisotopic (exact) mass is 248 g/mol. The van der Waals surface area contributed by atoms with Crippen molar-refractivity contribution < 1.29 is 10.2 Å². The van der Waals surface area contributed by atoms with Crippen molar-refractivity contribution in [3.8, 4) is 0 Å². The van der Waals surface area contributed by atoms with Crippen LogP contribution in [0.2, 0.25) is 0 Å². The molecule has 1 rings (SSSR count). The zero-order chi connectivity index (χ0) is 10.9. The van der Waals surface area contributed by atoms with Gasteiger partial charge in [0.15, 0.2) is 0 Å². The molecule has 1 aliphatic rings. The third-order valence-electron chi connectivity index (χ3n) is 2.45. The van der Waals surface area contributed by atoms with Crippen LogP contribution in [-0.2, 0) is 0 Å². The van der Waals surface area contributed by atoms with E-state index in [0.29, 0.717) is 11.2 Å². The Bertz CT molecular complexity index is 177. The quantitative estimate of drug-likeness (QED) is 0.648. The molecular weight excluding hydrogens is 228 g/mol. The molecule has 0 saturated heterocycles. The van der Waals surface area contributed by atoms with E-state index >= 15 is 0 Å². The van der Waals surface area contributed by atoms with Crippen molar-refractivity contribution in [2.45, 2.75) is 49.2 Å². The van der Waals surface area contributed by atoms with E-state index in [1.165, 1.54) is 12.8 Å². The molecule has 0 aromatic heterocycles. The lowest BCUT2D eigenvalue weighted by Crippen LogP contribution is -2.17. The fourth-order valence-corrected chi connectivity index (χ4v) is 3.66. The van der Waals surface area contributed by atoms with Crippen molar-refractivity contribution in [1.82, 2.24) is 0 Å². The van der Waals surface area contributed by atoms with Crippen LogP contribution >= 0.6 is 23.5 Å². The van der Waals surface area contributed by atoms with Gasteiger partial charge >= 0.3 is 0 Å². The maximum Gasteiger partial charge on any atom is 0.0843 e. The van der Waals surface area contributed by atoms with Crippen LogP contribution < -0.4 is 0 Å². The molecule has 0 aromatic carbocycles. The van der Waals surface area contributed by atoms with Gasteiger partial charge in [-0.1, -0.05) is 25.7 Å². The Labute approximate surface area is 101 Å². The Morgan fingerprint density at radius 1 is 1.00 bits per heavy atom. The minimum atomic E-state index is -0.173. The van der Waals surface area contributed by atoms with Gasteiger partial charge in [0.25, 0.3) is 0 Å². The van der Waals surface area contributed by atoms with Crippen molar-refractivity contribution in [2.75, 3.05) is 6.61 Å². The summed E-state index contributed by atoms with van der Waals surface area (Å²) in [4.78, 5) is 0. The van der Waals surface area contributed by atoms with Crippen LogP contribution in [0, 0.1) is 0 Å². The van der Waals surface area contributed by atoms with E-state index in [-0.39, 0.29) is 6.10 Å². The van der Waals surface area contributed by atoms with Crippen molar-refractivity contribution in [2.24, 2.45) is 0 Å². The van der Waals surface area contributed by atoms with Gasteiger partial charge in [-0.15, -0.1) is 23.5 Å². The highest BCUT2D eigenvalue weighted by molar-refractivity contribution is 8.22. The molecule has 1 heterocycles. The maximum absolute atomic E-state index is 9.83. The van der Waals surface area contributed by atoms with Gasteiger partial charge in [-0.25, -0.2) is 0 Å². The summed E-state index contributed by atoms with van der Waals surface area (Å²) in [7, 11) is 0. The van der Waals surface area contributed by atoms with Gasteiger partial charge in [-0.3, -0.25) is 0 Å². The molecule has 0 fully saturated rings. The lowest BCUT2D eigenvalue weighted by molar-refractivity contribution is 0.177. The van der Waals surface area contributed by atoms with Crippen LogP contribution in [0.5, 0.6) is 0 Å². The molecule has 0 aliphatic carbocycles. The molecule has 1 aliphatic heterocycles. The Morgan fingerprint density at radius 2 is 1.60 bits per heavy atom. The van der Waals surface area contributed by atoms with Crippen LogP contribution in [0.25, 0.3) is 0 Å². The van der Waals surface area contributed by atoms with Crippen molar-refractivity contribution in [1.29, 1.82) is 0 Å². The highest BCUT2D eigenvalue weighted by atomic mass is 32.2. The maximum atomic E-state index is 9.83. The number of aliphatic hydroxyl groups is 2. The van der Waals surface area contributed by atoms with E-state index < -0.39 is 0 Å². The zero-order valence-electron chi connectivity index (χ0n) is 8.97. The van der Waals surface area contributed by atoms with E-state index in [9.17, 15) is 5.11 Å². The molecule has 0 bridgehead atoms. The largest absolute Gasteiger partial charge is 0.396 e. The second-order valence-corrected chi connectivity index (χ2v) is 6.16. The summed E-state index contributed by atoms with van der Waals surface area (Å²) < 4.78 is 0.322. The number of unbranched alkanes of at least 4 members (excludes halogenated alkanes) is 4. The van der Waals surface area contributed by atoms with E-state index in [0.717, 1.165) is 25.7 Å². The summed E-state index contributed by atoms with van der Waals surface area (Å²) in [6, 6.07) is 0. The first kappa shape index (κ1) is 13.4. The Kier molecular flexibility index (Phi) is 7.61. The summed E-state index contributed by atoms with van der Waals surface area (Å²) in [6.45, 7) is 0.309. The molecule has 0 amide bonds. The van der Waals surface area contributed by atoms with Gasteiger partial charge < -0.3 is 10.2 Å². The summed E-state index contributed by atoms with van der Waals surface area (Å²) in [5.74, 6) is 0. The number of rotatable bonds is 8. The molecule has 1 unspecified atom stereocenters. The Morgan fingerprint density at radius 3 is 2.27 bits per heavy atom. The van der Waals surface area contributed by atoms with Crippen molar-refractivity contribution >= 4 is 23.5 Å². The number of hydrogen-bond donors (Lipinski definition) is 2. The average molecular weight is 248 g/mol. The first-order chi connectivity index (χ1) is 7.34. The Hall–Kier alpha value is 0.360. The van der Waals surface area contributed by atoms with Crippen molar-refractivity contribution in [3.63, 3.8) is 0 Å². The molecule has 0 spiro atoms. The third kappa shape index (κ3) is 5.85. The third-order valence-corrected chi connectivity index (χ3v) is 5.04. The molecule has 2 N–H and O–H groups in total. The smallest absolute Gasteiger partial charge is 0.0843 e. The lowest BCUT2D eigenvalue weighted by atomic mass is 10.1. The standard InChI is InChI=1S/C11H20O2S2/c12-7-5-3-1-2-4-6-10(13)11-14-8-9-15-11/h8-13H,1-7H2. The van der Waals surface area contributed by atoms with Gasteiger partial charge in [0, 0.05) is 6.61 Å². The molecule has 0 aromatic rings. The molecule has 2 nitrogen and oxygen atoms in total. The van der Waals surface area contributed by atoms with E-state index in [2.05, 4.69) is 10.8 Å². The minimum Gasteiger partial charge on any atom is -0.396 e. The molecule has 4 heteroatoms. The number of aliphatic hydroxyl groups excluding tert-OH is 2. The van der Waals surface area contributed by atoms with Crippen LogP contribution in [0.1, 0.15) is 38.5 Å². The molecule has 15 heavy (non-hydrogen) atoms. The topological polar surface area (TPSA) is 40.5 Å². The SMILES string of the molecule is OCCCCCCCC(O)C1SC=CS1. The Balaban J connectivity index is 1.90. The predicted molar refractivity (Wildman–Crippen MR) is 68.9 cm³/mol. The normalized spacial score (nSPS) is 18.5. The number of thioether (sulfide) groups is 2. The second-order valence-electron chi connectivity index (χ2n) is 3.76. The van der Waals surface area contributed by atoms with E-state index in [4.69, 9.17) is 5.11 Å². The van der Waals surface area contributed by atoms with E-state index in [1.807, 2.05) is 0 Å². The minimum absolute atomic E-state index is 0.173. The summed E-state index contributed by atoms with van der Waals surface area (Å²) in [6.07, 6.45) is 6.22. The molecule has 0 radical (unpaired) electrons. The van der Waals surface area contributed by atoms with Crippen LogP contribution in [0.15, 0.2) is 10.8 Å². The average Bonchev–Trinajstić information content (AvgIpc) is 2.76. The first-order valence-electron chi connectivity index (χ1n) is 5.59. The van der Waals surface area contributed by atoms with Gasteiger partial charge in [0.05, 0.1) is 10.7 Å². The van der Waals surface area contributed by atoms with Gasteiger partial charge in [0.2, 0.25) is 0 Å². The summed E-state index contributed by atoms with van der Waals surface area (Å²) in [5.41, 5.74) is 0. The van der Waals surface area contributed by atoms with Crippen LogP contribution in [-0.4, -0.2) is 27.5 Å². The van der Waals surface area contributed by atoms with Crippen LogP contribution in [0.4, 0.5) is 0 Å². The van der Waals surface area contributed by atoms with E-state index in [1.54, 1.807) is 23.5 Å². The van der Waals surface area contributed by atoms with Crippen LogP contribution in [0.3, 0.4) is 0 Å². The molecule has 0 saturated carbocycles. The highest BCUT2D eigenvalue weighted by Gasteiger charge is 2.20. The van der Waals surface area contributed by atoms with Gasteiger partial charge in [-0.05, 0) is 23.7 Å². The fraction of sp³-hybridized carbons (Fsp3) is 0.818. The van der Waals surface area contributed by atoms with Crippen molar-refractivity contribution in [3.05, 3.63) is 10.8 Å².